The number of amides is 2. The zero-order chi connectivity index (χ0) is 12.9. The van der Waals surface area contributed by atoms with Gasteiger partial charge in [0.05, 0.1) is 11.6 Å². The molecule has 1 atom stereocenters. The predicted molar refractivity (Wildman–Crippen MR) is 65.4 cm³/mol. The fourth-order valence-electron chi connectivity index (χ4n) is 2.28. The molecule has 2 aromatic rings. The quantitative estimate of drug-likeness (QED) is 0.811. The van der Waals surface area contributed by atoms with Crippen molar-refractivity contribution in [3.05, 3.63) is 34.3 Å². The minimum atomic E-state index is -0.379. The van der Waals surface area contributed by atoms with Crippen molar-refractivity contribution in [2.75, 3.05) is 13.6 Å². The van der Waals surface area contributed by atoms with Crippen molar-refractivity contribution in [1.82, 2.24) is 14.8 Å². The molecule has 0 aliphatic carbocycles. The second-order valence-electron chi connectivity index (χ2n) is 4.47. The number of aryl methyl sites for hydroxylation is 1. The van der Waals surface area contributed by atoms with Crippen LogP contribution in [0.1, 0.15) is 11.6 Å². The van der Waals surface area contributed by atoms with Gasteiger partial charge in [0.2, 0.25) is 0 Å². The van der Waals surface area contributed by atoms with E-state index < -0.39 is 0 Å². The van der Waals surface area contributed by atoms with Crippen LogP contribution in [0.5, 0.6) is 0 Å². The smallest absolute Gasteiger partial charge is 0.408 e. The topological polar surface area (TPSA) is 67.5 Å². The highest BCUT2D eigenvalue weighted by atomic mass is 16.4. The zero-order valence-corrected chi connectivity index (χ0v) is 10.1. The number of nitrogens with zero attached hydrogens (tertiary/aromatic N) is 2. The number of aromatic nitrogens is 1. The Kier molecular flexibility index (Phi) is 2.19. The highest BCUT2D eigenvalue weighted by Gasteiger charge is 2.28. The van der Waals surface area contributed by atoms with Crippen LogP contribution in [0.15, 0.2) is 27.4 Å². The predicted octanol–water partition coefficient (Wildman–Crippen LogP) is 0.828. The number of hydrogen-bond acceptors (Lipinski definition) is 3. The van der Waals surface area contributed by atoms with E-state index >= 15 is 0 Å². The third-order valence-electron chi connectivity index (χ3n) is 3.43. The van der Waals surface area contributed by atoms with Gasteiger partial charge in [-0.2, -0.15) is 0 Å². The molecule has 1 fully saturated rings. The van der Waals surface area contributed by atoms with Gasteiger partial charge < -0.3 is 14.6 Å². The number of hydrogen-bond donors (Lipinski definition) is 1. The summed E-state index contributed by atoms with van der Waals surface area (Å²) in [4.78, 5) is 24.5. The van der Waals surface area contributed by atoms with E-state index in [1.807, 2.05) is 12.1 Å². The van der Waals surface area contributed by atoms with Gasteiger partial charge in [-0.1, -0.05) is 6.07 Å². The molecule has 94 valence electrons. The molecule has 1 unspecified atom stereocenters. The summed E-state index contributed by atoms with van der Waals surface area (Å²) in [5.74, 6) is -0.379. The molecule has 1 aliphatic rings. The van der Waals surface area contributed by atoms with E-state index in [0.717, 1.165) is 11.1 Å². The molecule has 3 rings (SSSR count). The van der Waals surface area contributed by atoms with Crippen molar-refractivity contribution in [3.63, 3.8) is 0 Å². The van der Waals surface area contributed by atoms with Crippen LogP contribution < -0.4 is 11.1 Å². The largest absolute Gasteiger partial charge is 0.419 e. The molecule has 18 heavy (non-hydrogen) atoms. The van der Waals surface area contributed by atoms with Crippen LogP contribution in [0.3, 0.4) is 0 Å². The molecule has 1 aromatic carbocycles. The van der Waals surface area contributed by atoms with Crippen LogP contribution in [-0.2, 0) is 7.05 Å². The van der Waals surface area contributed by atoms with Crippen molar-refractivity contribution in [1.29, 1.82) is 0 Å². The molecule has 2 amide bonds. The number of benzene rings is 1. The Morgan fingerprint density at radius 3 is 2.78 bits per heavy atom. The summed E-state index contributed by atoms with van der Waals surface area (Å²) in [6, 6.07) is 5.45. The molecule has 1 saturated heterocycles. The van der Waals surface area contributed by atoms with Gasteiger partial charge in [0.1, 0.15) is 0 Å². The van der Waals surface area contributed by atoms with Crippen molar-refractivity contribution in [3.8, 4) is 0 Å². The van der Waals surface area contributed by atoms with Gasteiger partial charge in [-0.15, -0.1) is 0 Å². The molecule has 6 nitrogen and oxygen atoms in total. The van der Waals surface area contributed by atoms with Crippen molar-refractivity contribution in [2.45, 2.75) is 6.04 Å². The van der Waals surface area contributed by atoms with E-state index in [0.29, 0.717) is 12.1 Å². The molecule has 1 aliphatic heterocycles. The first kappa shape index (κ1) is 10.9. The molecule has 0 bridgehead atoms. The molecular weight excluding hydrogens is 234 g/mol. The summed E-state index contributed by atoms with van der Waals surface area (Å²) in [6.07, 6.45) is 0. The molecule has 1 aromatic heterocycles. The monoisotopic (exact) mass is 247 g/mol. The maximum absolute atomic E-state index is 11.4. The molecule has 0 spiro atoms. The second kappa shape index (κ2) is 3.63. The minimum Gasteiger partial charge on any atom is -0.408 e. The summed E-state index contributed by atoms with van der Waals surface area (Å²) >= 11 is 0. The van der Waals surface area contributed by atoms with Crippen LogP contribution in [0, 0.1) is 0 Å². The third kappa shape index (κ3) is 1.42. The summed E-state index contributed by atoms with van der Waals surface area (Å²) in [5, 5.41) is 2.78. The van der Waals surface area contributed by atoms with E-state index in [1.54, 1.807) is 25.1 Å². The summed E-state index contributed by atoms with van der Waals surface area (Å²) < 4.78 is 6.54. The van der Waals surface area contributed by atoms with Gasteiger partial charge in [0, 0.05) is 20.6 Å². The van der Waals surface area contributed by atoms with Crippen molar-refractivity contribution < 1.29 is 9.21 Å². The first-order valence-corrected chi connectivity index (χ1v) is 5.68. The number of fused-ring (bicyclic) bond motifs is 1. The summed E-state index contributed by atoms with van der Waals surface area (Å²) in [6.45, 7) is 0.576. The highest BCUT2D eigenvalue weighted by Crippen LogP contribution is 2.25. The van der Waals surface area contributed by atoms with Gasteiger partial charge >= 0.3 is 11.8 Å². The van der Waals surface area contributed by atoms with Gasteiger partial charge in [0.15, 0.2) is 5.58 Å². The molecule has 0 radical (unpaired) electrons. The van der Waals surface area contributed by atoms with Gasteiger partial charge in [-0.3, -0.25) is 4.57 Å². The number of carbonyl (C=O) groups excluding carboxylic acids is 1. The standard InChI is InChI=1S/C12H13N3O3/c1-14-9(6-13-11(14)16)7-3-4-10-8(5-7)15(2)12(17)18-10/h3-5,9H,6H2,1-2H3,(H,13,16). The SMILES string of the molecule is CN1C(=O)NCC1c1ccc2oc(=O)n(C)c2c1. The average Bonchev–Trinajstić information content (AvgIpc) is 2.83. The maximum atomic E-state index is 11.4. The van der Waals surface area contributed by atoms with E-state index in [-0.39, 0.29) is 17.8 Å². The van der Waals surface area contributed by atoms with E-state index in [4.69, 9.17) is 4.42 Å². The van der Waals surface area contributed by atoms with Crippen LogP contribution >= 0.6 is 0 Å². The lowest BCUT2D eigenvalue weighted by molar-refractivity contribution is 0.217. The van der Waals surface area contributed by atoms with Gasteiger partial charge in [-0.05, 0) is 17.7 Å². The molecule has 1 N–H and O–H groups in total. The lowest BCUT2D eigenvalue weighted by Crippen LogP contribution is -2.25. The Morgan fingerprint density at radius 2 is 2.11 bits per heavy atom. The van der Waals surface area contributed by atoms with E-state index in [1.165, 1.54) is 4.57 Å². The number of carbonyl (C=O) groups is 1. The number of nitrogens with one attached hydrogen (secondary N) is 1. The van der Waals surface area contributed by atoms with Crippen LogP contribution in [0.25, 0.3) is 11.1 Å². The first-order valence-electron chi connectivity index (χ1n) is 5.68. The highest BCUT2D eigenvalue weighted by molar-refractivity contribution is 5.78. The molecular formula is C12H13N3O3. The Balaban J connectivity index is 2.11. The fourth-order valence-corrected chi connectivity index (χ4v) is 2.28. The second-order valence-corrected chi connectivity index (χ2v) is 4.47. The minimum absolute atomic E-state index is 0.00750. The lowest BCUT2D eigenvalue weighted by atomic mass is 10.1. The average molecular weight is 247 g/mol. The number of likely N-dealkylation sites (N-methyl/N-ethyl adjacent to an activating group) is 1. The fraction of sp³-hybridized carbons (Fsp3) is 0.333. The van der Waals surface area contributed by atoms with Crippen LogP contribution in [0.2, 0.25) is 0 Å². The maximum Gasteiger partial charge on any atom is 0.419 e. The zero-order valence-electron chi connectivity index (χ0n) is 10.1. The normalized spacial score (nSPS) is 19.6. The van der Waals surface area contributed by atoms with E-state index in [9.17, 15) is 9.59 Å². The van der Waals surface area contributed by atoms with Crippen molar-refractivity contribution in [2.24, 2.45) is 7.05 Å². The molecule has 2 heterocycles. The first-order chi connectivity index (χ1) is 8.58. The van der Waals surface area contributed by atoms with Crippen molar-refractivity contribution >= 4 is 17.1 Å². The van der Waals surface area contributed by atoms with Gasteiger partial charge in [-0.25, -0.2) is 9.59 Å². The summed E-state index contributed by atoms with van der Waals surface area (Å²) in [7, 11) is 3.42. The number of rotatable bonds is 1. The Labute approximate surface area is 103 Å². The van der Waals surface area contributed by atoms with Crippen LogP contribution in [0.4, 0.5) is 4.79 Å². The lowest BCUT2D eigenvalue weighted by Gasteiger charge is -2.18. The summed E-state index contributed by atoms with van der Waals surface area (Å²) in [5.41, 5.74) is 2.29. The number of oxazole rings is 1. The van der Waals surface area contributed by atoms with Crippen LogP contribution in [-0.4, -0.2) is 29.1 Å². The number of urea groups is 1. The third-order valence-corrected chi connectivity index (χ3v) is 3.43. The molecule has 0 saturated carbocycles. The molecule has 6 heteroatoms. The Morgan fingerprint density at radius 1 is 1.33 bits per heavy atom. The van der Waals surface area contributed by atoms with Gasteiger partial charge in [0.25, 0.3) is 0 Å². The Hall–Kier alpha value is -2.24. The van der Waals surface area contributed by atoms with E-state index in [2.05, 4.69) is 5.32 Å². The Bertz CT molecular complexity index is 685.